The molecule has 0 amide bonds. The molecule has 0 aromatic carbocycles. The van der Waals surface area contributed by atoms with Crippen LogP contribution in [-0.4, -0.2) is 18.3 Å². The molecule has 4 bridgehead atoms. The van der Waals surface area contributed by atoms with Crippen molar-refractivity contribution in [2.24, 2.45) is 34.8 Å². The van der Waals surface area contributed by atoms with Gasteiger partial charge in [0, 0.05) is 12.0 Å². The SMILES string of the molecule is Cl.NCC1(CO)C2CC3CC(C2)CC1C3. The lowest BCUT2D eigenvalue weighted by Gasteiger charge is -2.60. The molecule has 4 aliphatic carbocycles. The van der Waals surface area contributed by atoms with Crippen LogP contribution in [0, 0.1) is 29.1 Å². The molecule has 4 saturated carbocycles. The second-order valence-electron chi connectivity index (χ2n) is 5.90. The van der Waals surface area contributed by atoms with E-state index in [-0.39, 0.29) is 17.8 Å². The zero-order valence-corrected chi connectivity index (χ0v) is 10.0. The second kappa shape index (κ2) is 3.90. The molecule has 2 nitrogen and oxygen atoms in total. The molecule has 88 valence electrons. The molecule has 0 aromatic rings. The van der Waals surface area contributed by atoms with Crippen molar-refractivity contribution in [3.63, 3.8) is 0 Å². The molecule has 0 heterocycles. The third-order valence-electron chi connectivity index (χ3n) is 5.44. The van der Waals surface area contributed by atoms with E-state index in [1.807, 2.05) is 0 Å². The van der Waals surface area contributed by atoms with Crippen LogP contribution in [0.4, 0.5) is 0 Å². The van der Waals surface area contributed by atoms with Crippen LogP contribution < -0.4 is 5.73 Å². The van der Waals surface area contributed by atoms with Crippen molar-refractivity contribution < 1.29 is 5.11 Å². The van der Waals surface area contributed by atoms with Crippen LogP contribution in [0.5, 0.6) is 0 Å². The average Bonchev–Trinajstić information content (AvgIpc) is 2.18. The summed E-state index contributed by atoms with van der Waals surface area (Å²) in [5.74, 6) is 3.44. The highest BCUT2D eigenvalue weighted by Crippen LogP contribution is 2.61. The number of halogens is 1. The maximum absolute atomic E-state index is 9.67. The summed E-state index contributed by atoms with van der Waals surface area (Å²) < 4.78 is 0. The summed E-state index contributed by atoms with van der Waals surface area (Å²) in [5.41, 5.74) is 6.06. The fourth-order valence-electron chi connectivity index (χ4n) is 4.78. The van der Waals surface area contributed by atoms with Gasteiger partial charge in [-0.2, -0.15) is 0 Å². The monoisotopic (exact) mass is 231 g/mol. The maximum Gasteiger partial charge on any atom is 0.0504 e. The van der Waals surface area contributed by atoms with Gasteiger partial charge in [-0.15, -0.1) is 12.4 Å². The van der Waals surface area contributed by atoms with Crippen molar-refractivity contribution in [1.29, 1.82) is 0 Å². The number of hydrogen-bond donors (Lipinski definition) is 2. The van der Waals surface area contributed by atoms with Crippen molar-refractivity contribution in [3.05, 3.63) is 0 Å². The van der Waals surface area contributed by atoms with Crippen LogP contribution in [-0.2, 0) is 0 Å². The van der Waals surface area contributed by atoms with Gasteiger partial charge < -0.3 is 10.8 Å². The quantitative estimate of drug-likeness (QED) is 0.762. The molecule has 3 N–H and O–H groups in total. The Morgan fingerprint density at radius 1 is 1.00 bits per heavy atom. The van der Waals surface area contributed by atoms with Crippen molar-refractivity contribution in [2.75, 3.05) is 13.2 Å². The summed E-state index contributed by atoms with van der Waals surface area (Å²) in [5, 5.41) is 9.67. The molecule has 0 radical (unpaired) electrons. The van der Waals surface area contributed by atoms with Crippen LogP contribution in [0.25, 0.3) is 0 Å². The van der Waals surface area contributed by atoms with Gasteiger partial charge in [0.2, 0.25) is 0 Å². The van der Waals surface area contributed by atoms with Crippen LogP contribution in [0.1, 0.15) is 32.1 Å². The van der Waals surface area contributed by atoms with E-state index in [0.29, 0.717) is 13.2 Å². The van der Waals surface area contributed by atoms with Gasteiger partial charge in [-0.25, -0.2) is 0 Å². The second-order valence-corrected chi connectivity index (χ2v) is 5.90. The molecule has 0 atom stereocenters. The van der Waals surface area contributed by atoms with Crippen molar-refractivity contribution in [1.82, 2.24) is 0 Å². The molecular formula is C12H22ClNO. The van der Waals surface area contributed by atoms with Crippen LogP contribution in [0.2, 0.25) is 0 Å². The van der Waals surface area contributed by atoms with Gasteiger partial charge in [-0.3, -0.25) is 0 Å². The third-order valence-corrected chi connectivity index (χ3v) is 5.44. The lowest BCUT2D eigenvalue weighted by Crippen LogP contribution is -2.57. The molecule has 0 aromatic heterocycles. The number of hydrogen-bond acceptors (Lipinski definition) is 2. The molecule has 3 heteroatoms. The van der Waals surface area contributed by atoms with Crippen LogP contribution >= 0.6 is 12.4 Å². The van der Waals surface area contributed by atoms with E-state index in [2.05, 4.69) is 0 Å². The van der Waals surface area contributed by atoms with Crippen LogP contribution in [0.15, 0.2) is 0 Å². The Labute approximate surface area is 98.0 Å². The maximum atomic E-state index is 9.67. The minimum atomic E-state index is 0. The van der Waals surface area contributed by atoms with Crippen molar-refractivity contribution in [3.8, 4) is 0 Å². The molecule has 0 saturated heterocycles. The van der Waals surface area contributed by atoms with Gasteiger partial charge in [0.15, 0.2) is 0 Å². The summed E-state index contributed by atoms with van der Waals surface area (Å²) in [6.45, 7) is 1.04. The molecule has 0 aliphatic heterocycles. The smallest absolute Gasteiger partial charge is 0.0504 e. The molecular weight excluding hydrogens is 210 g/mol. The first kappa shape index (κ1) is 11.7. The predicted octanol–water partition coefficient (Wildman–Crippen LogP) is 1.80. The summed E-state index contributed by atoms with van der Waals surface area (Å²) in [4.78, 5) is 0. The molecule has 4 fully saturated rings. The molecule has 0 spiro atoms. The minimum Gasteiger partial charge on any atom is -0.396 e. The first-order chi connectivity index (χ1) is 6.78. The van der Waals surface area contributed by atoms with Crippen LogP contribution in [0.3, 0.4) is 0 Å². The van der Waals surface area contributed by atoms with E-state index in [0.717, 1.165) is 23.7 Å². The van der Waals surface area contributed by atoms with Crippen molar-refractivity contribution in [2.45, 2.75) is 32.1 Å². The van der Waals surface area contributed by atoms with E-state index in [4.69, 9.17) is 5.73 Å². The Hall–Kier alpha value is 0.210. The molecule has 15 heavy (non-hydrogen) atoms. The van der Waals surface area contributed by atoms with E-state index in [1.54, 1.807) is 0 Å². The largest absolute Gasteiger partial charge is 0.396 e. The zero-order chi connectivity index (χ0) is 9.76. The zero-order valence-electron chi connectivity index (χ0n) is 9.19. The first-order valence-electron chi connectivity index (χ1n) is 6.09. The summed E-state index contributed by atoms with van der Waals surface area (Å²) >= 11 is 0. The topological polar surface area (TPSA) is 46.2 Å². The number of rotatable bonds is 2. The Kier molecular flexibility index (Phi) is 3.04. The first-order valence-corrected chi connectivity index (χ1v) is 6.09. The Morgan fingerprint density at radius 2 is 1.47 bits per heavy atom. The van der Waals surface area contributed by atoms with Gasteiger partial charge >= 0.3 is 0 Å². The fraction of sp³-hybridized carbons (Fsp3) is 1.00. The van der Waals surface area contributed by atoms with Gasteiger partial charge in [-0.1, -0.05) is 0 Å². The Balaban J connectivity index is 0.000000853. The summed E-state index contributed by atoms with van der Waals surface area (Å²) in [7, 11) is 0. The molecule has 4 rings (SSSR count). The van der Waals surface area contributed by atoms with E-state index in [1.165, 1.54) is 32.1 Å². The van der Waals surface area contributed by atoms with Gasteiger partial charge in [0.25, 0.3) is 0 Å². The molecule has 0 unspecified atom stereocenters. The van der Waals surface area contributed by atoms with Crippen molar-refractivity contribution >= 4 is 12.4 Å². The Bertz CT molecular complexity index is 210. The molecule has 4 aliphatic rings. The lowest BCUT2D eigenvalue weighted by molar-refractivity contribution is -0.126. The van der Waals surface area contributed by atoms with E-state index >= 15 is 0 Å². The minimum absolute atomic E-state index is 0. The fourth-order valence-corrected chi connectivity index (χ4v) is 4.78. The highest BCUT2D eigenvalue weighted by Gasteiger charge is 2.55. The summed E-state index contributed by atoms with van der Waals surface area (Å²) in [6.07, 6.45) is 6.88. The summed E-state index contributed by atoms with van der Waals surface area (Å²) in [6, 6.07) is 0. The normalized spacial score (nSPS) is 51.6. The predicted molar refractivity (Wildman–Crippen MR) is 62.9 cm³/mol. The lowest BCUT2D eigenvalue weighted by atomic mass is 9.45. The average molecular weight is 232 g/mol. The number of aliphatic hydroxyl groups excluding tert-OH is 1. The number of aliphatic hydroxyl groups is 1. The van der Waals surface area contributed by atoms with E-state index in [9.17, 15) is 5.11 Å². The highest BCUT2D eigenvalue weighted by atomic mass is 35.5. The Morgan fingerprint density at radius 3 is 1.80 bits per heavy atom. The third kappa shape index (κ3) is 1.45. The van der Waals surface area contributed by atoms with Gasteiger partial charge in [0.05, 0.1) is 6.61 Å². The standard InChI is InChI=1S/C12H21NO.ClH/c13-6-12(7-14)10-2-8-1-9(4-10)5-11(12)3-8;/h8-11,14H,1-7,13H2;1H. The van der Waals surface area contributed by atoms with Gasteiger partial charge in [-0.05, 0) is 55.8 Å². The number of nitrogens with two attached hydrogens (primary N) is 1. The van der Waals surface area contributed by atoms with Gasteiger partial charge in [0.1, 0.15) is 0 Å². The van der Waals surface area contributed by atoms with E-state index < -0.39 is 0 Å². The highest BCUT2D eigenvalue weighted by molar-refractivity contribution is 5.85.